The van der Waals surface area contributed by atoms with E-state index in [2.05, 4.69) is 6.07 Å². The summed E-state index contributed by atoms with van der Waals surface area (Å²) >= 11 is 0. The highest BCUT2D eigenvalue weighted by molar-refractivity contribution is 6.02. The lowest BCUT2D eigenvalue weighted by atomic mass is 10.0. The first-order chi connectivity index (χ1) is 14.3. The molecule has 0 unspecified atom stereocenters. The number of nitriles is 1. The highest BCUT2D eigenvalue weighted by Gasteiger charge is 2.41. The standard InChI is InChI=1S/C24H24N2O4/c1-24(2,3)30-23(28)26-20(13-17-7-5-4-6-8-17)21(14-22(26)27)29-16-19-11-9-18(15-25)10-12-19/h4-12,14,20H,13,16H2,1-3H3/t20-/m0/s1. The minimum atomic E-state index is -0.721. The van der Waals surface area contributed by atoms with Gasteiger partial charge in [0.2, 0.25) is 0 Å². The second kappa shape index (κ2) is 8.83. The summed E-state index contributed by atoms with van der Waals surface area (Å²) in [5, 5.41) is 8.92. The van der Waals surface area contributed by atoms with Crippen LogP contribution in [0.5, 0.6) is 0 Å². The number of hydrogen-bond acceptors (Lipinski definition) is 5. The second-order valence-electron chi connectivity index (χ2n) is 8.04. The van der Waals surface area contributed by atoms with Gasteiger partial charge in [-0.2, -0.15) is 5.26 Å². The van der Waals surface area contributed by atoms with E-state index >= 15 is 0 Å². The molecule has 0 spiro atoms. The first-order valence-corrected chi connectivity index (χ1v) is 9.70. The van der Waals surface area contributed by atoms with E-state index in [9.17, 15) is 9.59 Å². The average Bonchev–Trinajstić information content (AvgIpc) is 3.01. The molecule has 2 aromatic carbocycles. The second-order valence-corrected chi connectivity index (χ2v) is 8.04. The summed E-state index contributed by atoms with van der Waals surface area (Å²) in [7, 11) is 0. The van der Waals surface area contributed by atoms with Crippen molar-refractivity contribution in [2.75, 3.05) is 0 Å². The Bertz CT molecular complexity index is 983. The first-order valence-electron chi connectivity index (χ1n) is 9.70. The van der Waals surface area contributed by atoms with Gasteiger partial charge in [-0.3, -0.25) is 4.79 Å². The molecule has 1 aliphatic rings. The van der Waals surface area contributed by atoms with Crippen molar-refractivity contribution in [3.8, 4) is 6.07 Å². The molecule has 6 heteroatoms. The third kappa shape index (κ3) is 5.26. The number of imide groups is 1. The van der Waals surface area contributed by atoms with Crippen LogP contribution in [0.2, 0.25) is 0 Å². The molecule has 154 valence electrons. The summed E-state index contributed by atoms with van der Waals surface area (Å²) in [6, 6.07) is 18.1. The van der Waals surface area contributed by atoms with Gasteiger partial charge >= 0.3 is 6.09 Å². The molecule has 0 N–H and O–H groups in total. The van der Waals surface area contributed by atoms with Gasteiger partial charge in [0.15, 0.2) is 0 Å². The van der Waals surface area contributed by atoms with E-state index in [1.54, 1.807) is 45.0 Å². The summed E-state index contributed by atoms with van der Waals surface area (Å²) in [6.45, 7) is 5.49. The Hall–Kier alpha value is -3.59. The van der Waals surface area contributed by atoms with Gasteiger partial charge in [0, 0.05) is 12.5 Å². The highest BCUT2D eigenvalue weighted by Crippen LogP contribution is 2.27. The maximum atomic E-state index is 12.7. The molecule has 0 saturated carbocycles. The number of benzene rings is 2. The quantitative estimate of drug-likeness (QED) is 0.740. The molecule has 3 rings (SSSR count). The van der Waals surface area contributed by atoms with Gasteiger partial charge in [-0.25, -0.2) is 9.69 Å². The molecule has 30 heavy (non-hydrogen) atoms. The summed E-state index contributed by atoms with van der Waals surface area (Å²) in [4.78, 5) is 26.5. The molecule has 0 fully saturated rings. The molecule has 1 heterocycles. The lowest BCUT2D eigenvalue weighted by Gasteiger charge is -2.28. The zero-order valence-corrected chi connectivity index (χ0v) is 17.3. The van der Waals surface area contributed by atoms with Crippen molar-refractivity contribution in [3.63, 3.8) is 0 Å². The Morgan fingerprint density at radius 1 is 1.07 bits per heavy atom. The molecule has 0 aromatic heterocycles. The summed E-state index contributed by atoms with van der Waals surface area (Å²) < 4.78 is 11.4. The van der Waals surface area contributed by atoms with E-state index < -0.39 is 23.6 Å². The Balaban J connectivity index is 1.80. The molecule has 0 bridgehead atoms. The Morgan fingerprint density at radius 3 is 2.33 bits per heavy atom. The SMILES string of the molecule is CC(C)(C)OC(=O)N1C(=O)C=C(OCc2ccc(C#N)cc2)[C@@H]1Cc1ccccc1. The third-order valence-electron chi connectivity index (χ3n) is 4.49. The van der Waals surface area contributed by atoms with Gasteiger partial charge in [-0.15, -0.1) is 0 Å². The molecule has 1 aliphatic heterocycles. The number of amides is 2. The molecule has 2 amide bonds. The maximum Gasteiger partial charge on any atom is 0.418 e. The lowest BCUT2D eigenvalue weighted by molar-refractivity contribution is -0.125. The molecule has 0 aliphatic carbocycles. The predicted molar refractivity (Wildman–Crippen MR) is 111 cm³/mol. The van der Waals surface area contributed by atoms with E-state index in [0.29, 0.717) is 17.7 Å². The fourth-order valence-electron chi connectivity index (χ4n) is 3.11. The topological polar surface area (TPSA) is 79.6 Å². The van der Waals surface area contributed by atoms with E-state index in [4.69, 9.17) is 14.7 Å². The summed E-state index contributed by atoms with van der Waals surface area (Å²) in [5.41, 5.74) is 1.67. The molecule has 2 aromatic rings. The van der Waals surface area contributed by atoms with Crippen molar-refractivity contribution in [1.82, 2.24) is 4.90 Å². The zero-order valence-electron chi connectivity index (χ0n) is 17.3. The third-order valence-corrected chi connectivity index (χ3v) is 4.49. The normalized spacial score (nSPS) is 16.1. The molecular formula is C24H24N2O4. The highest BCUT2D eigenvalue weighted by atomic mass is 16.6. The minimum Gasteiger partial charge on any atom is -0.491 e. The van der Waals surface area contributed by atoms with Crippen LogP contribution in [0, 0.1) is 11.3 Å². The van der Waals surface area contributed by atoms with Gasteiger partial charge in [0.25, 0.3) is 5.91 Å². The average molecular weight is 404 g/mol. The number of carbonyl (C=O) groups excluding carboxylic acids is 2. The van der Waals surface area contributed by atoms with E-state index in [-0.39, 0.29) is 6.61 Å². The van der Waals surface area contributed by atoms with Crippen LogP contribution >= 0.6 is 0 Å². The zero-order chi connectivity index (χ0) is 21.7. The summed E-state index contributed by atoms with van der Waals surface area (Å²) in [6.07, 6.45) is 1.08. The molecule has 0 radical (unpaired) electrons. The largest absolute Gasteiger partial charge is 0.491 e. The van der Waals surface area contributed by atoms with Crippen molar-refractivity contribution >= 4 is 12.0 Å². The van der Waals surface area contributed by atoms with Gasteiger partial charge in [0.05, 0.1) is 11.6 Å². The number of hydrogen-bond donors (Lipinski definition) is 0. The Kier molecular flexibility index (Phi) is 6.22. The van der Waals surface area contributed by atoms with Gasteiger partial charge in [0.1, 0.15) is 24.0 Å². The molecule has 1 atom stereocenters. The van der Waals surface area contributed by atoms with Crippen molar-refractivity contribution in [1.29, 1.82) is 5.26 Å². The minimum absolute atomic E-state index is 0.221. The van der Waals surface area contributed by atoms with Crippen LogP contribution in [-0.2, 0) is 27.3 Å². The van der Waals surface area contributed by atoms with E-state index in [0.717, 1.165) is 16.0 Å². The smallest absolute Gasteiger partial charge is 0.418 e. The van der Waals surface area contributed by atoms with Crippen LogP contribution in [0.4, 0.5) is 4.79 Å². The van der Waals surface area contributed by atoms with Crippen molar-refractivity contribution < 1.29 is 19.1 Å². The fourth-order valence-corrected chi connectivity index (χ4v) is 3.11. The van der Waals surface area contributed by atoms with Crippen molar-refractivity contribution in [3.05, 3.63) is 83.1 Å². The lowest BCUT2D eigenvalue weighted by Crippen LogP contribution is -2.44. The Morgan fingerprint density at radius 2 is 1.73 bits per heavy atom. The van der Waals surface area contributed by atoms with Crippen LogP contribution in [0.15, 0.2) is 66.4 Å². The molecular weight excluding hydrogens is 380 g/mol. The Labute approximate surface area is 176 Å². The summed E-state index contributed by atoms with van der Waals surface area (Å²) in [5.74, 6) is -0.0425. The number of carbonyl (C=O) groups is 2. The van der Waals surface area contributed by atoms with Gasteiger partial charge < -0.3 is 9.47 Å². The monoisotopic (exact) mass is 404 g/mol. The fraction of sp³-hybridized carbons (Fsp3) is 0.292. The van der Waals surface area contributed by atoms with Crippen LogP contribution in [-0.4, -0.2) is 28.5 Å². The van der Waals surface area contributed by atoms with Crippen molar-refractivity contribution in [2.24, 2.45) is 0 Å². The molecule has 0 saturated heterocycles. The van der Waals surface area contributed by atoms with Gasteiger partial charge in [-0.1, -0.05) is 42.5 Å². The van der Waals surface area contributed by atoms with Crippen LogP contribution in [0.25, 0.3) is 0 Å². The van der Waals surface area contributed by atoms with Crippen molar-refractivity contribution in [2.45, 2.75) is 45.4 Å². The van der Waals surface area contributed by atoms with Crippen LogP contribution in [0.3, 0.4) is 0 Å². The first kappa shape index (κ1) is 21.1. The molecule has 6 nitrogen and oxygen atoms in total. The van der Waals surface area contributed by atoms with Crippen LogP contribution in [0.1, 0.15) is 37.5 Å². The number of rotatable bonds is 5. The van der Waals surface area contributed by atoms with Crippen LogP contribution < -0.4 is 0 Å². The number of nitrogens with zero attached hydrogens (tertiary/aromatic N) is 2. The van der Waals surface area contributed by atoms with E-state index in [1.807, 2.05) is 30.3 Å². The number of ether oxygens (including phenoxy) is 2. The predicted octanol–water partition coefficient (Wildman–Crippen LogP) is 4.35. The maximum absolute atomic E-state index is 12.7. The van der Waals surface area contributed by atoms with E-state index in [1.165, 1.54) is 6.08 Å². The van der Waals surface area contributed by atoms with Gasteiger partial charge in [-0.05, 0) is 44.0 Å².